The molecule has 68 valence electrons. The summed E-state index contributed by atoms with van der Waals surface area (Å²) in [7, 11) is 1.78. The topological polar surface area (TPSA) is 69.9 Å². The van der Waals surface area contributed by atoms with Crippen molar-refractivity contribution in [3.63, 3.8) is 0 Å². The molecule has 0 spiro atoms. The minimum atomic E-state index is 0.607. The van der Waals surface area contributed by atoms with Gasteiger partial charge in [0.25, 0.3) is 0 Å². The van der Waals surface area contributed by atoms with Crippen LogP contribution in [0.25, 0.3) is 11.4 Å². The molecular weight excluding hydrogens is 168 g/mol. The number of aromatic nitrogens is 3. The lowest BCUT2D eigenvalue weighted by Crippen LogP contribution is -1.96. The third-order valence-corrected chi connectivity index (χ3v) is 1.81. The van der Waals surface area contributed by atoms with Gasteiger partial charge in [0.15, 0.2) is 0 Å². The van der Waals surface area contributed by atoms with Crippen molar-refractivity contribution >= 4 is 5.82 Å². The number of nitrogen functional groups attached to an aromatic ring is 1. The van der Waals surface area contributed by atoms with Gasteiger partial charge in [-0.15, -0.1) is 0 Å². The van der Waals surface area contributed by atoms with Gasteiger partial charge in [0.05, 0.1) is 0 Å². The number of hydrogen-bond acceptors (Lipinski definition) is 4. The van der Waals surface area contributed by atoms with Crippen LogP contribution in [0.15, 0.2) is 16.7 Å². The van der Waals surface area contributed by atoms with Gasteiger partial charge >= 0.3 is 0 Å². The lowest BCUT2D eigenvalue weighted by molar-refractivity contribution is 0.399. The fourth-order valence-electron chi connectivity index (χ4n) is 1.09. The van der Waals surface area contributed by atoms with Crippen LogP contribution in [0.3, 0.4) is 0 Å². The summed E-state index contributed by atoms with van der Waals surface area (Å²) in [4.78, 5) is 0. The van der Waals surface area contributed by atoms with E-state index in [1.807, 2.05) is 13.0 Å². The highest BCUT2D eigenvalue weighted by Crippen LogP contribution is 2.18. The Morgan fingerprint density at radius 2 is 2.15 bits per heavy atom. The van der Waals surface area contributed by atoms with E-state index in [2.05, 4.69) is 10.3 Å². The summed E-state index contributed by atoms with van der Waals surface area (Å²) < 4.78 is 6.52. The van der Waals surface area contributed by atoms with E-state index in [0.717, 1.165) is 11.5 Å². The molecule has 0 atom stereocenters. The minimum absolute atomic E-state index is 0.607. The number of aryl methyl sites for hydroxylation is 2. The lowest BCUT2D eigenvalue weighted by Gasteiger charge is -1.88. The second kappa shape index (κ2) is 2.62. The Labute approximate surface area is 75.1 Å². The van der Waals surface area contributed by atoms with Gasteiger partial charge in [0.2, 0.25) is 0 Å². The molecule has 0 aliphatic rings. The summed E-state index contributed by atoms with van der Waals surface area (Å²) in [5.41, 5.74) is 7.07. The third-order valence-electron chi connectivity index (χ3n) is 1.81. The van der Waals surface area contributed by atoms with Crippen LogP contribution < -0.4 is 5.73 Å². The van der Waals surface area contributed by atoms with E-state index in [1.165, 1.54) is 0 Å². The maximum absolute atomic E-state index is 5.63. The Morgan fingerprint density at radius 3 is 2.62 bits per heavy atom. The lowest BCUT2D eigenvalue weighted by atomic mass is 10.3. The Kier molecular flexibility index (Phi) is 1.58. The molecule has 0 aliphatic carbocycles. The SMILES string of the molecule is Cc1cc(-c2cc(N)n(C)n2)no1. The van der Waals surface area contributed by atoms with E-state index >= 15 is 0 Å². The van der Waals surface area contributed by atoms with Gasteiger partial charge in [-0.05, 0) is 6.92 Å². The van der Waals surface area contributed by atoms with Crippen molar-refractivity contribution in [2.45, 2.75) is 6.92 Å². The summed E-state index contributed by atoms with van der Waals surface area (Å²) in [6.07, 6.45) is 0. The van der Waals surface area contributed by atoms with E-state index in [1.54, 1.807) is 17.8 Å². The molecule has 13 heavy (non-hydrogen) atoms. The van der Waals surface area contributed by atoms with Gasteiger partial charge in [-0.1, -0.05) is 5.16 Å². The molecule has 0 saturated carbocycles. The largest absolute Gasteiger partial charge is 0.384 e. The van der Waals surface area contributed by atoms with Gasteiger partial charge in [0, 0.05) is 19.2 Å². The zero-order valence-corrected chi connectivity index (χ0v) is 7.48. The molecule has 5 heteroatoms. The number of hydrogen-bond donors (Lipinski definition) is 1. The van der Waals surface area contributed by atoms with Crippen LogP contribution in [0.1, 0.15) is 5.76 Å². The second-order valence-electron chi connectivity index (χ2n) is 2.90. The van der Waals surface area contributed by atoms with Gasteiger partial charge in [-0.3, -0.25) is 4.68 Å². The molecule has 0 amide bonds. The third kappa shape index (κ3) is 1.28. The number of nitrogens with two attached hydrogens (primary N) is 1. The molecule has 2 rings (SSSR count). The minimum Gasteiger partial charge on any atom is -0.384 e. The predicted octanol–water partition coefficient (Wildman–Crippen LogP) is 0.966. The van der Waals surface area contributed by atoms with Crippen molar-refractivity contribution in [1.82, 2.24) is 14.9 Å². The Morgan fingerprint density at radius 1 is 1.38 bits per heavy atom. The van der Waals surface area contributed by atoms with E-state index in [0.29, 0.717) is 11.5 Å². The summed E-state index contributed by atoms with van der Waals surface area (Å²) in [5.74, 6) is 1.37. The first-order valence-electron chi connectivity index (χ1n) is 3.90. The molecular formula is C8H10N4O. The van der Waals surface area contributed by atoms with Crippen molar-refractivity contribution in [3.8, 4) is 11.4 Å². The zero-order valence-electron chi connectivity index (χ0n) is 7.48. The van der Waals surface area contributed by atoms with E-state index in [9.17, 15) is 0 Å². The first kappa shape index (κ1) is 7.85. The van der Waals surface area contributed by atoms with Crippen LogP contribution in [0.5, 0.6) is 0 Å². The molecule has 0 saturated heterocycles. The van der Waals surface area contributed by atoms with Crippen molar-refractivity contribution in [2.24, 2.45) is 7.05 Å². The van der Waals surface area contributed by atoms with Crippen molar-refractivity contribution in [3.05, 3.63) is 17.9 Å². The summed E-state index contributed by atoms with van der Waals surface area (Å²) >= 11 is 0. The van der Waals surface area contributed by atoms with E-state index in [-0.39, 0.29) is 0 Å². The Bertz CT molecular complexity index is 410. The zero-order chi connectivity index (χ0) is 9.42. The monoisotopic (exact) mass is 178 g/mol. The Hall–Kier alpha value is -1.78. The maximum Gasteiger partial charge on any atom is 0.134 e. The molecule has 5 nitrogen and oxygen atoms in total. The maximum atomic E-state index is 5.63. The van der Waals surface area contributed by atoms with Crippen LogP contribution in [-0.2, 0) is 7.05 Å². The standard InChI is InChI=1S/C8H10N4O/c1-5-3-7(11-13-5)6-4-8(9)12(2)10-6/h3-4H,9H2,1-2H3. The molecule has 2 aromatic rings. The summed E-state index contributed by atoms with van der Waals surface area (Å²) in [6, 6.07) is 3.58. The molecule has 0 aliphatic heterocycles. The summed E-state index contributed by atoms with van der Waals surface area (Å²) in [6.45, 7) is 1.84. The molecule has 0 radical (unpaired) electrons. The number of rotatable bonds is 1. The first-order chi connectivity index (χ1) is 6.16. The van der Waals surface area contributed by atoms with Crippen LogP contribution >= 0.6 is 0 Å². The highest BCUT2D eigenvalue weighted by molar-refractivity contribution is 5.57. The van der Waals surface area contributed by atoms with Crippen LogP contribution in [0.2, 0.25) is 0 Å². The van der Waals surface area contributed by atoms with Gasteiger partial charge in [0.1, 0.15) is 23.0 Å². The highest BCUT2D eigenvalue weighted by Gasteiger charge is 2.08. The van der Waals surface area contributed by atoms with Crippen LogP contribution in [0, 0.1) is 6.92 Å². The molecule has 0 aromatic carbocycles. The predicted molar refractivity (Wildman–Crippen MR) is 47.9 cm³/mol. The van der Waals surface area contributed by atoms with Crippen LogP contribution in [-0.4, -0.2) is 14.9 Å². The quantitative estimate of drug-likeness (QED) is 0.706. The highest BCUT2D eigenvalue weighted by atomic mass is 16.5. The van der Waals surface area contributed by atoms with E-state index < -0.39 is 0 Å². The number of anilines is 1. The van der Waals surface area contributed by atoms with Gasteiger partial charge in [-0.2, -0.15) is 5.10 Å². The van der Waals surface area contributed by atoms with E-state index in [4.69, 9.17) is 10.3 Å². The van der Waals surface area contributed by atoms with Crippen molar-refractivity contribution < 1.29 is 4.52 Å². The van der Waals surface area contributed by atoms with Crippen molar-refractivity contribution in [2.75, 3.05) is 5.73 Å². The average Bonchev–Trinajstić information content (AvgIpc) is 2.61. The average molecular weight is 178 g/mol. The number of nitrogens with zero attached hydrogens (tertiary/aromatic N) is 3. The van der Waals surface area contributed by atoms with Crippen LogP contribution in [0.4, 0.5) is 5.82 Å². The summed E-state index contributed by atoms with van der Waals surface area (Å²) in [5, 5.41) is 8.00. The molecule has 0 bridgehead atoms. The smallest absolute Gasteiger partial charge is 0.134 e. The molecule has 2 aromatic heterocycles. The van der Waals surface area contributed by atoms with Gasteiger partial charge < -0.3 is 10.3 Å². The Balaban J connectivity index is 2.46. The fourth-order valence-corrected chi connectivity index (χ4v) is 1.09. The molecule has 0 unspecified atom stereocenters. The fraction of sp³-hybridized carbons (Fsp3) is 0.250. The molecule has 2 N–H and O–H groups in total. The molecule has 0 fully saturated rings. The molecule has 2 heterocycles. The normalized spacial score (nSPS) is 10.6. The van der Waals surface area contributed by atoms with Crippen molar-refractivity contribution in [1.29, 1.82) is 0 Å². The second-order valence-corrected chi connectivity index (χ2v) is 2.90. The first-order valence-corrected chi connectivity index (χ1v) is 3.90. The van der Waals surface area contributed by atoms with Gasteiger partial charge in [-0.25, -0.2) is 0 Å².